The van der Waals surface area contributed by atoms with Gasteiger partial charge in [0.15, 0.2) is 6.79 Å². The molecule has 0 saturated heterocycles. The van der Waals surface area contributed by atoms with Crippen molar-refractivity contribution in [3.63, 3.8) is 0 Å². The SMILES string of the molecule is CC(=O)NOCONC(C)=O. The summed E-state index contributed by atoms with van der Waals surface area (Å²) in [4.78, 5) is 29.1. The number of hydrogen-bond acceptors (Lipinski definition) is 4. The number of amides is 2. The molecule has 0 aromatic rings. The van der Waals surface area contributed by atoms with Gasteiger partial charge in [-0.15, -0.1) is 0 Å². The standard InChI is InChI=1S/C5H10N2O4/c1-4(8)6-10-3-11-7-5(2)9/h3H2,1-2H3,(H,6,8)(H,7,9). The molecule has 0 heterocycles. The van der Waals surface area contributed by atoms with Crippen LogP contribution in [0, 0.1) is 0 Å². The Hall–Kier alpha value is -1.14. The lowest BCUT2D eigenvalue weighted by molar-refractivity contribution is -0.164. The lowest BCUT2D eigenvalue weighted by Crippen LogP contribution is -2.27. The lowest BCUT2D eigenvalue weighted by Gasteiger charge is -2.03. The van der Waals surface area contributed by atoms with Crippen LogP contribution in [0.4, 0.5) is 0 Å². The molecule has 0 rings (SSSR count). The third kappa shape index (κ3) is 8.86. The first-order chi connectivity index (χ1) is 5.13. The van der Waals surface area contributed by atoms with Crippen LogP contribution in [0.1, 0.15) is 13.8 Å². The summed E-state index contributed by atoms with van der Waals surface area (Å²) < 4.78 is 0. The van der Waals surface area contributed by atoms with Crippen molar-refractivity contribution in [1.29, 1.82) is 0 Å². The molecule has 0 fully saturated rings. The fourth-order valence-electron chi connectivity index (χ4n) is 0.292. The highest BCUT2D eigenvalue weighted by atomic mass is 16.8. The zero-order valence-electron chi connectivity index (χ0n) is 6.34. The van der Waals surface area contributed by atoms with Crippen LogP contribution in [-0.2, 0) is 19.3 Å². The third-order valence-electron chi connectivity index (χ3n) is 0.550. The predicted molar refractivity (Wildman–Crippen MR) is 34.7 cm³/mol. The van der Waals surface area contributed by atoms with Crippen LogP contribution in [0.5, 0.6) is 0 Å². The lowest BCUT2D eigenvalue weighted by atomic mass is 10.8. The maximum Gasteiger partial charge on any atom is 0.240 e. The number of hydrogen-bond donors (Lipinski definition) is 2. The van der Waals surface area contributed by atoms with Gasteiger partial charge in [0.25, 0.3) is 0 Å². The zero-order chi connectivity index (χ0) is 8.69. The molecule has 11 heavy (non-hydrogen) atoms. The fraction of sp³-hybridized carbons (Fsp3) is 0.600. The number of carbonyl (C=O) groups is 2. The normalized spacial score (nSPS) is 8.91. The van der Waals surface area contributed by atoms with Crippen molar-refractivity contribution in [3.05, 3.63) is 0 Å². The van der Waals surface area contributed by atoms with E-state index in [1.165, 1.54) is 13.8 Å². The van der Waals surface area contributed by atoms with Crippen molar-refractivity contribution >= 4 is 11.8 Å². The molecule has 0 aromatic heterocycles. The van der Waals surface area contributed by atoms with E-state index in [1.807, 2.05) is 11.0 Å². The fourth-order valence-corrected chi connectivity index (χ4v) is 0.292. The highest BCUT2D eigenvalue weighted by molar-refractivity contribution is 5.71. The van der Waals surface area contributed by atoms with E-state index in [-0.39, 0.29) is 18.6 Å². The number of rotatable bonds is 4. The van der Waals surface area contributed by atoms with Gasteiger partial charge < -0.3 is 0 Å². The summed E-state index contributed by atoms with van der Waals surface area (Å²) in [6.07, 6.45) is 0. The number of carbonyl (C=O) groups excluding carboxylic acids is 2. The Balaban J connectivity index is 3.03. The Labute approximate surface area is 63.8 Å². The largest absolute Gasteiger partial charge is 0.273 e. The molecule has 2 amide bonds. The van der Waals surface area contributed by atoms with E-state index in [4.69, 9.17) is 0 Å². The zero-order valence-corrected chi connectivity index (χ0v) is 6.34. The van der Waals surface area contributed by atoms with Crippen LogP contribution >= 0.6 is 0 Å². The molecule has 6 heteroatoms. The Morgan fingerprint density at radius 3 is 1.73 bits per heavy atom. The Bertz CT molecular complexity index is 131. The molecular weight excluding hydrogens is 152 g/mol. The summed E-state index contributed by atoms with van der Waals surface area (Å²) in [6.45, 7) is 2.36. The van der Waals surface area contributed by atoms with Crippen LogP contribution in [0.25, 0.3) is 0 Å². The Morgan fingerprint density at radius 1 is 1.09 bits per heavy atom. The second-order valence-corrected chi connectivity index (χ2v) is 1.72. The number of nitrogens with one attached hydrogen (secondary N) is 2. The van der Waals surface area contributed by atoms with Gasteiger partial charge in [0.2, 0.25) is 11.8 Å². The van der Waals surface area contributed by atoms with Crippen LogP contribution in [0.2, 0.25) is 0 Å². The molecule has 0 aliphatic rings. The van der Waals surface area contributed by atoms with E-state index < -0.39 is 0 Å². The minimum atomic E-state index is -0.337. The van der Waals surface area contributed by atoms with Gasteiger partial charge in [-0.1, -0.05) is 0 Å². The van der Waals surface area contributed by atoms with Gasteiger partial charge in [-0.05, 0) is 0 Å². The molecule has 0 radical (unpaired) electrons. The van der Waals surface area contributed by atoms with Crippen LogP contribution in [0.15, 0.2) is 0 Å². The molecule has 0 aliphatic carbocycles. The maximum absolute atomic E-state index is 10.2. The minimum Gasteiger partial charge on any atom is -0.273 e. The molecular formula is C5H10N2O4. The van der Waals surface area contributed by atoms with Crippen LogP contribution < -0.4 is 11.0 Å². The van der Waals surface area contributed by atoms with E-state index in [0.717, 1.165) is 0 Å². The smallest absolute Gasteiger partial charge is 0.240 e. The highest BCUT2D eigenvalue weighted by Gasteiger charge is 1.91. The average molecular weight is 162 g/mol. The first kappa shape index (κ1) is 9.86. The van der Waals surface area contributed by atoms with E-state index in [0.29, 0.717) is 0 Å². The third-order valence-corrected chi connectivity index (χ3v) is 0.550. The van der Waals surface area contributed by atoms with Gasteiger partial charge in [-0.2, -0.15) is 0 Å². The predicted octanol–water partition coefficient (Wildman–Crippen LogP) is -0.921. The molecule has 0 atom stereocenters. The molecule has 0 aliphatic heterocycles. The first-order valence-corrected chi connectivity index (χ1v) is 2.89. The van der Waals surface area contributed by atoms with Crippen molar-refractivity contribution in [2.75, 3.05) is 6.79 Å². The maximum atomic E-state index is 10.2. The van der Waals surface area contributed by atoms with Crippen molar-refractivity contribution in [2.24, 2.45) is 0 Å². The Kier molecular flexibility index (Phi) is 5.05. The van der Waals surface area contributed by atoms with Crippen molar-refractivity contribution < 1.29 is 19.3 Å². The van der Waals surface area contributed by atoms with E-state index in [2.05, 4.69) is 9.68 Å². The minimum absolute atomic E-state index is 0.223. The Morgan fingerprint density at radius 2 is 1.45 bits per heavy atom. The highest BCUT2D eigenvalue weighted by Crippen LogP contribution is 1.69. The van der Waals surface area contributed by atoms with Crippen LogP contribution in [0.3, 0.4) is 0 Å². The van der Waals surface area contributed by atoms with Crippen molar-refractivity contribution in [3.8, 4) is 0 Å². The van der Waals surface area contributed by atoms with Gasteiger partial charge in [-0.3, -0.25) is 9.59 Å². The van der Waals surface area contributed by atoms with Crippen LogP contribution in [-0.4, -0.2) is 18.6 Å². The summed E-state index contributed by atoms with van der Waals surface area (Å²) in [5, 5.41) is 0. The molecule has 0 bridgehead atoms. The second-order valence-electron chi connectivity index (χ2n) is 1.72. The van der Waals surface area contributed by atoms with Gasteiger partial charge in [0.1, 0.15) is 0 Å². The van der Waals surface area contributed by atoms with Gasteiger partial charge in [0.05, 0.1) is 0 Å². The topological polar surface area (TPSA) is 76.7 Å². The quantitative estimate of drug-likeness (QED) is 0.318. The number of hydroxylamine groups is 2. The molecule has 0 spiro atoms. The summed E-state index contributed by atoms with van der Waals surface area (Å²) in [5.74, 6) is -0.673. The monoisotopic (exact) mass is 162 g/mol. The summed E-state index contributed by atoms with van der Waals surface area (Å²) in [7, 11) is 0. The molecule has 6 nitrogen and oxygen atoms in total. The van der Waals surface area contributed by atoms with Gasteiger partial charge in [-0.25, -0.2) is 20.6 Å². The molecule has 0 aromatic carbocycles. The van der Waals surface area contributed by atoms with E-state index in [1.54, 1.807) is 0 Å². The van der Waals surface area contributed by atoms with E-state index in [9.17, 15) is 9.59 Å². The second kappa shape index (κ2) is 5.63. The summed E-state index contributed by atoms with van der Waals surface area (Å²) >= 11 is 0. The molecule has 0 unspecified atom stereocenters. The molecule has 0 saturated carbocycles. The average Bonchev–Trinajstić information content (AvgIpc) is 1.85. The van der Waals surface area contributed by atoms with Gasteiger partial charge >= 0.3 is 0 Å². The van der Waals surface area contributed by atoms with Gasteiger partial charge in [0, 0.05) is 13.8 Å². The molecule has 64 valence electrons. The van der Waals surface area contributed by atoms with Crippen molar-refractivity contribution in [2.45, 2.75) is 13.8 Å². The summed E-state index contributed by atoms with van der Waals surface area (Å²) in [6, 6.07) is 0. The van der Waals surface area contributed by atoms with Crippen molar-refractivity contribution in [1.82, 2.24) is 11.0 Å². The summed E-state index contributed by atoms with van der Waals surface area (Å²) in [5.41, 5.74) is 4.01. The molecule has 2 N–H and O–H groups in total. The first-order valence-electron chi connectivity index (χ1n) is 2.89. The van der Waals surface area contributed by atoms with E-state index >= 15 is 0 Å².